The number of fused-ring (bicyclic) bond motifs is 1. The SMILES string of the molecule is O=C(O)c1cn(-c2cnn(C3CN(CC(F)F)C3)c2)c2cc(N3CCC[C@@H]3COc3ncccc3Cl)c(Cl)cc2c1=O. The molecule has 2 aliphatic heterocycles. The van der Waals surface area contributed by atoms with Crippen LogP contribution >= 0.6 is 23.2 Å². The third kappa shape index (κ3) is 5.41. The van der Waals surface area contributed by atoms with Crippen LogP contribution in [0.2, 0.25) is 10.0 Å². The summed E-state index contributed by atoms with van der Waals surface area (Å²) in [6.07, 6.45) is 5.48. The van der Waals surface area contributed by atoms with Crippen LogP contribution in [0.3, 0.4) is 0 Å². The molecule has 10 nitrogen and oxygen atoms in total. The summed E-state index contributed by atoms with van der Waals surface area (Å²) in [7, 11) is 0. The van der Waals surface area contributed by atoms with Crippen LogP contribution in [0.5, 0.6) is 5.88 Å². The van der Waals surface area contributed by atoms with E-state index in [-0.39, 0.29) is 24.0 Å². The minimum atomic E-state index is -2.41. The molecular formula is C28H26Cl2F2N6O4. The first-order chi connectivity index (χ1) is 20.2. The number of ether oxygens (including phenoxy) is 1. The van der Waals surface area contributed by atoms with Crippen molar-refractivity contribution in [2.24, 2.45) is 0 Å². The second-order valence-corrected chi connectivity index (χ2v) is 11.2. The zero-order valence-corrected chi connectivity index (χ0v) is 23.7. The summed E-state index contributed by atoms with van der Waals surface area (Å²) in [5.74, 6) is -1.03. The molecule has 4 aromatic rings. The third-order valence-electron chi connectivity index (χ3n) is 7.70. The highest BCUT2D eigenvalue weighted by Crippen LogP contribution is 2.36. The smallest absolute Gasteiger partial charge is 0.341 e. The van der Waals surface area contributed by atoms with E-state index in [4.69, 9.17) is 27.9 Å². The summed E-state index contributed by atoms with van der Waals surface area (Å²) in [5.41, 5.74) is 0.589. The largest absolute Gasteiger partial charge is 0.477 e. The normalized spacial score (nSPS) is 17.7. The first kappa shape index (κ1) is 28.4. The van der Waals surface area contributed by atoms with E-state index in [1.165, 1.54) is 12.3 Å². The highest BCUT2D eigenvalue weighted by atomic mass is 35.5. The minimum absolute atomic E-state index is 0.0472. The number of hydrogen-bond donors (Lipinski definition) is 1. The fourth-order valence-corrected chi connectivity index (χ4v) is 6.05. The highest BCUT2D eigenvalue weighted by molar-refractivity contribution is 6.34. The Morgan fingerprint density at radius 3 is 2.74 bits per heavy atom. The first-order valence-corrected chi connectivity index (χ1v) is 14.1. The molecule has 0 amide bonds. The number of aromatic carboxylic acids is 1. The van der Waals surface area contributed by atoms with Gasteiger partial charge in [0.05, 0.1) is 46.7 Å². The topological polar surface area (TPSA) is 106 Å². The molecule has 0 spiro atoms. The number of halogens is 4. The van der Waals surface area contributed by atoms with Gasteiger partial charge in [-0.1, -0.05) is 23.2 Å². The Labute approximate surface area is 248 Å². The van der Waals surface area contributed by atoms with Gasteiger partial charge in [0.15, 0.2) is 0 Å². The molecule has 3 aromatic heterocycles. The molecule has 42 heavy (non-hydrogen) atoms. The van der Waals surface area contributed by atoms with Crippen molar-refractivity contribution in [2.75, 3.05) is 37.7 Å². The van der Waals surface area contributed by atoms with Crippen LogP contribution in [0.25, 0.3) is 16.6 Å². The number of anilines is 1. The molecule has 1 atom stereocenters. The lowest BCUT2D eigenvalue weighted by atomic mass is 10.1. The lowest BCUT2D eigenvalue weighted by molar-refractivity contribution is 0.0259. The fourth-order valence-electron chi connectivity index (χ4n) is 5.61. The van der Waals surface area contributed by atoms with Gasteiger partial charge >= 0.3 is 5.97 Å². The molecule has 0 aliphatic carbocycles. The number of carboxylic acid groups (broad SMARTS) is 1. The van der Waals surface area contributed by atoms with Crippen molar-refractivity contribution in [3.63, 3.8) is 0 Å². The van der Waals surface area contributed by atoms with E-state index in [1.54, 1.807) is 50.9 Å². The van der Waals surface area contributed by atoms with Crippen molar-refractivity contribution in [1.82, 2.24) is 24.2 Å². The Balaban J connectivity index is 1.35. The van der Waals surface area contributed by atoms with E-state index in [9.17, 15) is 23.5 Å². The molecule has 220 valence electrons. The van der Waals surface area contributed by atoms with Crippen LogP contribution in [-0.4, -0.2) is 80.6 Å². The van der Waals surface area contributed by atoms with Gasteiger partial charge in [-0.2, -0.15) is 5.10 Å². The second-order valence-electron chi connectivity index (χ2n) is 10.4. The average Bonchev–Trinajstić information content (AvgIpc) is 3.60. The molecule has 0 radical (unpaired) electrons. The molecule has 0 bridgehead atoms. The number of pyridine rings is 2. The minimum Gasteiger partial charge on any atom is -0.477 e. The first-order valence-electron chi connectivity index (χ1n) is 13.4. The Kier molecular flexibility index (Phi) is 7.77. The van der Waals surface area contributed by atoms with Gasteiger partial charge in [0, 0.05) is 43.6 Å². The number of nitrogens with zero attached hydrogens (tertiary/aromatic N) is 6. The Morgan fingerprint density at radius 2 is 2.00 bits per heavy atom. The molecule has 0 unspecified atom stereocenters. The molecule has 1 N–H and O–H groups in total. The lowest BCUT2D eigenvalue weighted by Gasteiger charge is -2.38. The summed E-state index contributed by atoms with van der Waals surface area (Å²) < 4.78 is 34.6. The van der Waals surface area contributed by atoms with E-state index in [0.29, 0.717) is 59.1 Å². The number of likely N-dealkylation sites (tertiary alicyclic amines) is 1. The predicted molar refractivity (Wildman–Crippen MR) is 154 cm³/mol. The molecule has 14 heteroatoms. The predicted octanol–water partition coefficient (Wildman–Crippen LogP) is 4.76. The molecule has 2 aliphatic rings. The van der Waals surface area contributed by atoms with E-state index in [2.05, 4.69) is 15.0 Å². The van der Waals surface area contributed by atoms with Crippen molar-refractivity contribution in [1.29, 1.82) is 0 Å². The van der Waals surface area contributed by atoms with E-state index in [0.717, 1.165) is 12.8 Å². The Bertz CT molecular complexity index is 1710. The van der Waals surface area contributed by atoms with Crippen molar-refractivity contribution < 1.29 is 23.4 Å². The van der Waals surface area contributed by atoms with Crippen molar-refractivity contribution in [3.8, 4) is 11.6 Å². The van der Waals surface area contributed by atoms with E-state index < -0.39 is 23.4 Å². The second kappa shape index (κ2) is 11.5. The maximum Gasteiger partial charge on any atom is 0.341 e. The van der Waals surface area contributed by atoms with Crippen molar-refractivity contribution in [2.45, 2.75) is 31.4 Å². The zero-order valence-electron chi connectivity index (χ0n) is 22.2. The molecule has 2 fully saturated rings. The standard InChI is InChI=1S/C28H26Cl2F2N6O4/c29-21-4-1-5-33-27(21)42-15-16-3-2-6-36(16)24-8-23-19(7-22(24)30)26(39)20(28(40)41)13-37(23)17-9-34-38(12-17)18-10-35(11-18)14-25(31)32/h1,4-5,7-9,12-13,16,18,25H,2-3,6,10-11,14-15H2,(H,40,41)/t16-/m1/s1. The molecule has 2 saturated heterocycles. The number of aromatic nitrogens is 4. The van der Waals surface area contributed by atoms with Crippen LogP contribution in [0.4, 0.5) is 14.5 Å². The van der Waals surface area contributed by atoms with Gasteiger partial charge in [0.2, 0.25) is 11.3 Å². The van der Waals surface area contributed by atoms with Gasteiger partial charge in [-0.05, 0) is 37.1 Å². The van der Waals surface area contributed by atoms with Crippen LogP contribution < -0.4 is 15.1 Å². The van der Waals surface area contributed by atoms with Gasteiger partial charge in [-0.3, -0.25) is 14.4 Å². The van der Waals surface area contributed by atoms with Crippen molar-refractivity contribution >= 4 is 45.8 Å². The van der Waals surface area contributed by atoms with Gasteiger partial charge in [0.1, 0.15) is 17.2 Å². The number of carbonyl (C=O) groups is 1. The number of alkyl halides is 2. The summed E-state index contributed by atoms with van der Waals surface area (Å²) in [4.78, 5) is 33.1. The van der Waals surface area contributed by atoms with Crippen LogP contribution in [0.15, 0.2) is 53.8 Å². The van der Waals surface area contributed by atoms with E-state index >= 15 is 0 Å². The van der Waals surface area contributed by atoms with Crippen LogP contribution in [0, 0.1) is 0 Å². The molecule has 5 heterocycles. The third-order valence-corrected chi connectivity index (χ3v) is 8.29. The number of hydrogen-bond acceptors (Lipinski definition) is 7. The van der Waals surface area contributed by atoms with Gasteiger partial charge in [0.25, 0.3) is 6.43 Å². The quantitative estimate of drug-likeness (QED) is 0.286. The molecule has 0 saturated carbocycles. The maximum atomic E-state index is 13.2. The summed E-state index contributed by atoms with van der Waals surface area (Å²) in [6, 6.07) is 6.57. The highest BCUT2D eigenvalue weighted by Gasteiger charge is 2.31. The fraction of sp³-hybridized carbons (Fsp3) is 0.357. The lowest BCUT2D eigenvalue weighted by Crippen LogP contribution is -2.49. The van der Waals surface area contributed by atoms with Gasteiger partial charge in [-0.15, -0.1) is 0 Å². The Morgan fingerprint density at radius 1 is 1.19 bits per heavy atom. The van der Waals surface area contributed by atoms with Crippen LogP contribution in [0.1, 0.15) is 29.2 Å². The summed E-state index contributed by atoms with van der Waals surface area (Å²) >= 11 is 12.9. The Hall–Kier alpha value is -3.74. The number of carboxylic acids is 1. The van der Waals surface area contributed by atoms with Gasteiger partial charge < -0.3 is 19.3 Å². The van der Waals surface area contributed by atoms with Crippen LogP contribution in [-0.2, 0) is 0 Å². The van der Waals surface area contributed by atoms with E-state index in [1.807, 2.05) is 0 Å². The summed E-state index contributed by atoms with van der Waals surface area (Å²) in [6.45, 7) is 1.57. The molecule has 6 rings (SSSR count). The molecule has 1 aromatic carbocycles. The monoisotopic (exact) mass is 618 g/mol. The summed E-state index contributed by atoms with van der Waals surface area (Å²) in [5, 5.41) is 15.0. The maximum absolute atomic E-state index is 13.2. The van der Waals surface area contributed by atoms with Crippen molar-refractivity contribution in [3.05, 3.63) is 74.9 Å². The molecular weight excluding hydrogens is 593 g/mol. The van der Waals surface area contributed by atoms with Gasteiger partial charge in [-0.25, -0.2) is 18.6 Å². The number of rotatable bonds is 9. The number of benzene rings is 1. The average molecular weight is 619 g/mol. The zero-order chi connectivity index (χ0) is 29.5.